The second-order valence-corrected chi connectivity index (χ2v) is 3.27. The van der Waals surface area contributed by atoms with Crippen LogP contribution in [0.5, 0.6) is 0 Å². The number of benzene rings is 1. The first-order chi connectivity index (χ1) is 6.24. The summed E-state index contributed by atoms with van der Waals surface area (Å²) in [5.74, 6) is 0. The lowest BCUT2D eigenvalue weighted by Gasteiger charge is -1.99. The highest BCUT2D eigenvalue weighted by Gasteiger charge is 2.10. The number of nitrogens with two attached hydrogens (primary N) is 1. The molecular formula is C9H9ClN2O. The molecule has 2 aromatic rings. The van der Waals surface area contributed by atoms with Gasteiger partial charge in [-0.15, -0.1) is 0 Å². The fourth-order valence-electron chi connectivity index (χ4n) is 1.29. The minimum atomic E-state index is 0.411. The highest BCUT2D eigenvalue weighted by molar-refractivity contribution is 6.35. The maximum absolute atomic E-state index is 6.04. The van der Waals surface area contributed by atoms with E-state index in [1.54, 1.807) is 0 Å². The van der Waals surface area contributed by atoms with E-state index in [0.717, 1.165) is 16.6 Å². The Balaban J connectivity index is 2.80. The lowest BCUT2D eigenvalue weighted by atomic mass is 10.1. The molecule has 4 heteroatoms. The second kappa shape index (κ2) is 3.01. The Morgan fingerprint density at radius 3 is 3.00 bits per heavy atom. The number of fused-ring (bicyclic) bond motifs is 1. The van der Waals surface area contributed by atoms with E-state index in [9.17, 15) is 0 Å². The Morgan fingerprint density at radius 1 is 1.54 bits per heavy atom. The average molecular weight is 197 g/mol. The Labute approximate surface area is 80.5 Å². The van der Waals surface area contributed by atoms with Crippen molar-refractivity contribution >= 4 is 22.6 Å². The molecule has 0 unspecified atom stereocenters. The van der Waals surface area contributed by atoms with Crippen LogP contribution in [-0.4, -0.2) is 5.16 Å². The van der Waals surface area contributed by atoms with Crippen LogP contribution in [-0.2, 0) is 6.54 Å². The van der Waals surface area contributed by atoms with Gasteiger partial charge in [0.25, 0.3) is 0 Å². The van der Waals surface area contributed by atoms with Crippen molar-refractivity contribution in [3.05, 3.63) is 28.4 Å². The van der Waals surface area contributed by atoms with Gasteiger partial charge in [-0.2, -0.15) is 0 Å². The summed E-state index contributed by atoms with van der Waals surface area (Å²) in [4.78, 5) is 0. The van der Waals surface area contributed by atoms with E-state index in [-0.39, 0.29) is 0 Å². The van der Waals surface area contributed by atoms with Gasteiger partial charge in [0.1, 0.15) is 0 Å². The predicted molar refractivity (Wildman–Crippen MR) is 51.6 cm³/mol. The van der Waals surface area contributed by atoms with Crippen LogP contribution in [0.2, 0.25) is 5.02 Å². The number of rotatable bonds is 1. The van der Waals surface area contributed by atoms with Gasteiger partial charge in [-0.05, 0) is 18.6 Å². The maximum atomic E-state index is 6.04. The molecule has 1 heterocycles. The van der Waals surface area contributed by atoms with E-state index in [4.69, 9.17) is 21.9 Å². The number of nitrogens with zero attached hydrogens (tertiary/aromatic N) is 1. The van der Waals surface area contributed by atoms with Gasteiger partial charge in [-0.3, -0.25) is 0 Å². The zero-order valence-corrected chi connectivity index (χ0v) is 7.93. The third-order valence-electron chi connectivity index (χ3n) is 2.06. The van der Waals surface area contributed by atoms with E-state index in [1.165, 1.54) is 0 Å². The third-order valence-corrected chi connectivity index (χ3v) is 2.48. The summed E-state index contributed by atoms with van der Waals surface area (Å²) in [5.41, 5.74) is 7.86. The molecule has 0 saturated carbocycles. The van der Waals surface area contributed by atoms with E-state index < -0.39 is 0 Å². The molecule has 0 amide bonds. The van der Waals surface area contributed by atoms with Crippen molar-refractivity contribution in [2.45, 2.75) is 13.5 Å². The van der Waals surface area contributed by atoms with E-state index >= 15 is 0 Å². The molecule has 0 fully saturated rings. The zero-order valence-electron chi connectivity index (χ0n) is 7.17. The molecular weight excluding hydrogens is 188 g/mol. The summed E-state index contributed by atoms with van der Waals surface area (Å²) in [6, 6.07) is 3.82. The summed E-state index contributed by atoms with van der Waals surface area (Å²) in [5, 5.41) is 5.35. The molecule has 0 aliphatic rings. The van der Waals surface area contributed by atoms with Gasteiger partial charge in [0, 0.05) is 11.9 Å². The van der Waals surface area contributed by atoms with E-state index in [1.807, 2.05) is 19.1 Å². The summed E-state index contributed by atoms with van der Waals surface area (Å²) in [6.07, 6.45) is 0. The van der Waals surface area contributed by atoms with Crippen molar-refractivity contribution < 1.29 is 4.52 Å². The lowest BCUT2D eigenvalue weighted by molar-refractivity contribution is 0.450. The topological polar surface area (TPSA) is 52.0 Å². The van der Waals surface area contributed by atoms with Gasteiger partial charge >= 0.3 is 0 Å². The van der Waals surface area contributed by atoms with Crippen LogP contribution in [0.25, 0.3) is 11.0 Å². The van der Waals surface area contributed by atoms with Crippen LogP contribution in [0.1, 0.15) is 11.3 Å². The first-order valence-corrected chi connectivity index (χ1v) is 4.35. The molecule has 0 atom stereocenters. The molecule has 3 nitrogen and oxygen atoms in total. The van der Waals surface area contributed by atoms with E-state index in [2.05, 4.69) is 5.16 Å². The molecule has 1 aromatic carbocycles. The first kappa shape index (κ1) is 8.53. The van der Waals surface area contributed by atoms with Gasteiger partial charge in [0.05, 0.1) is 10.7 Å². The predicted octanol–water partition coefficient (Wildman–Crippen LogP) is 2.25. The lowest BCUT2D eigenvalue weighted by Crippen LogP contribution is -1.96. The number of aromatic nitrogens is 1. The molecule has 2 N–H and O–H groups in total. The maximum Gasteiger partial charge on any atom is 0.185 e. The van der Waals surface area contributed by atoms with Crippen LogP contribution >= 0.6 is 11.6 Å². The van der Waals surface area contributed by atoms with Crippen molar-refractivity contribution in [3.63, 3.8) is 0 Å². The SMILES string of the molecule is Cc1noc2c(Cl)c(CN)ccc12. The molecule has 0 aliphatic heterocycles. The Morgan fingerprint density at radius 2 is 2.31 bits per heavy atom. The molecule has 68 valence electrons. The standard InChI is InChI=1S/C9H9ClN2O/c1-5-7-3-2-6(4-11)8(10)9(7)13-12-5/h2-3H,4,11H2,1H3. The van der Waals surface area contributed by atoms with Gasteiger partial charge in [0.2, 0.25) is 0 Å². The third kappa shape index (κ3) is 1.20. The molecule has 0 radical (unpaired) electrons. The summed E-state index contributed by atoms with van der Waals surface area (Å²) in [6.45, 7) is 2.29. The Kier molecular flexibility index (Phi) is 1.98. The molecule has 13 heavy (non-hydrogen) atoms. The van der Waals surface area contributed by atoms with Crippen LogP contribution in [0.3, 0.4) is 0 Å². The molecule has 2 rings (SSSR count). The summed E-state index contributed by atoms with van der Waals surface area (Å²) >= 11 is 6.04. The first-order valence-electron chi connectivity index (χ1n) is 3.97. The quantitative estimate of drug-likeness (QED) is 0.761. The van der Waals surface area contributed by atoms with Crippen LogP contribution in [0.4, 0.5) is 0 Å². The van der Waals surface area contributed by atoms with Gasteiger partial charge in [-0.1, -0.05) is 22.8 Å². The van der Waals surface area contributed by atoms with Crippen molar-refractivity contribution in [2.24, 2.45) is 5.73 Å². The summed E-state index contributed by atoms with van der Waals surface area (Å²) in [7, 11) is 0. The monoisotopic (exact) mass is 196 g/mol. The molecule has 0 saturated heterocycles. The Hall–Kier alpha value is -1.06. The van der Waals surface area contributed by atoms with Gasteiger partial charge in [0.15, 0.2) is 5.58 Å². The van der Waals surface area contributed by atoms with Gasteiger partial charge in [-0.25, -0.2) is 0 Å². The van der Waals surface area contributed by atoms with Crippen LogP contribution < -0.4 is 5.73 Å². The highest BCUT2D eigenvalue weighted by Crippen LogP contribution is 2.28. The molecule has 0 spiro atoms. The molecule has 0 aliphatic carbocycles. The minimum absolute atomic E-state index is 0.411. The fraction of sp³-hybridized carbons (Fsp3) is 0.222. The second-order valence-electron chi connectivity index (χ2n) is 2.89. The van der Waals surface area contributed by atoms with Crippen molar-refractivity contribution in [2.75, 3.05) is 0 Å². The minimum Gasteiger partial charge on any atom is -0.354 e. The van der Waals surface area contributed by atoms with Crippen LogP contribution in [0.15, 0.2) is 16.7 Å². The number of hydrogen-bond acceptors (Lipinski definition) is 3. The largest absolute Gasteiger partial charge is 0.354 e. The Bertz CT molecular complexity index is 450. The van der Waals surface area contributed by atoms with Crippen molar-refractivity contribution in [3.8, 4) is 0 Å². The number of aryl methyl sites for hydroxylation is 1. The number of hydrogen-bond donors (Lipinski definition) is 1. The van der Waals surface area contributed by atoms with E-state index in [0.29, 0.717) is 17.2 Å². The van der Waals surface area contributed by atoms with Crippen molar-refractivity contribution in [1.29, 1.82) is 0 Å². The summed E-state index contributed by atoms with van der Waals surface area (Å²) < 4.78 is 5.08. The smallest absolute Gasteiger partial charge is 0.185 e. The fourth-order valence-corrected chi connectivity index (χ4v) is 1.57. The van der Waals surface area contributed by atoms with Crippen LogP contribution in [0, 0.1) is 6.92 Å². The zero-order chi connectivity index (χ0) is 9.42. The molecule has 0 bridgehead atoms. The molecule has 1 aromatic heterocycles. The van der Waals surface area contributed by atoms with Crippen molar-refractivity contribution in [1.82, 2.24) is 5.16 Å². The number of halogens is 1. The normalized spacial score (nSPS) is 11.0. The van der Waals surface area contributed by atoms with Gasteiger partial charge < -0.3 is 10.3 Å². The average Bonchev–Trinajstić information content (AvgIpc) is 2.50. The highest BCUT2D eigenvalue weighted by atomic mass is 35.5.